The Labute approximate surface area is 159 Å². The maximum absolute atomic E-state index is 13.1. The van der Waals surface area contributed by atoms with E-state index < -0.39 is 15.9 Å². The quantitative estimate of drug-likeness (QED) is 0.792. The highest BCUT2D eigenvalue weighted by Gasteiger charge is 2.36. The van der Waals surface area contributed by atoms with Crippen molar-refractivity contribution in [3.8, 4) is 0 Å². The molecule has 0 unspecified atom stereocenters. The Morgan fingerprint density at radius 3 is 2.41 bits per heavy atom. The van der Waals surface area contributed by atoms with Gasteiger partial charge in [-0.25, -0.2) is 12.7 Å². The fourth-order valence-corrected chi connectivity index (χ4v) is 4.52. The molecule has 1 saturated heterocycles. The molecule has 2 amide bonds. The van der Waals surface area contributed by atoms with E-state index in [4.69, 9.17) is 0 Å². The molecule has 1 aliphatic heterocycles. The van der Waals surface area contributed by atoms with Gasteiger partial charge in [0.15, 0.2) is 0 Å². The van der Waals surface area contributed by atoms with Gasteiger partial charge in [-0.05, 0) is 37.6 Å². The van der Waals surface area contributed by atoms with Crippen molar-refractivity contribution in [2.75, 3.05) is 10.1 Å². The van der Waals surface area contributed by atoms with Crippen LogP contribution in [0.25, 0.3) is 0 Å². The van der Waals surface area contributed by atoms with Gasteiger partial charge in [-0.3, -0.25) is 9.59 Å². The van der Waals surface area contributed by atoms with Crippen molar-refractivity contribution >= 4 is 27.5 Å². The summed E-state index contributed by atoms with van der Waals surface area (Å²) in [5.41, 5.74) is 1.58. The van der Waals surface area contributed by atoms with Crippen LogP contribution in [0.4, 0.5) is 5.69 Å². The first kappa shape index (κ1) is 19.1. The van der Waals surface area contributed by atoms with Crippen molar-refractivity contribution in [2.45, 2.75) is 32.9 Å². The van der Waals surface area contributed by atoms with Crippen LogP contribution in [0.1, 0.15) is 36.2 Å². The number of carbonyl (C=O) groups is 2. The minimum Gasteiger partial charge on any atom is -0.332 e. The summed E-state index contributed by atoms with van der Waals surface area (Å²) in [4.78, 5) is 26.8. The highest BCUT2D eigenvalue weighted by molar-refractivity contribution is 7.94. The van der Waals surface area contributed by atoms with E-state index in [1.807, 2.05) is 44.2 Å². The largest absolute Gasteiger partial charge is 0.332 e. The summed E-state index contributed by atoms with van der Waals surface area (Å²) in [6.45, 7) is 4.31. The SMILES string of the molecule is CC(C)N(Cc1ccccc1)C(=O)c1cccc(N2C(=O)CCS2(=O)=O)c1. The lowest BCUT2D eigenvalue weighted by Gasteiger charge is -2.27. The van der Waals surface area contributed by atoms with E-state index in [-0.39, 0.29) is 29.8 Å². The maximum atomic E-state index is 13.1. The molecule has 0 saturated carbocycles. The number of carbonyl (C=O) groups excluding carboxylic acids is 2. The summed E-state index contributed by atoms with van der Waals surface area (Å²) in [6, 6.07) is 15.9. The Kier molecular flexibility index (Phi) is 5.32. The van der Waals surface area contributed by atoms with Crippen molar-refractivity contribution in [1.29, 1.82) is 0 Å². The Hall–Kier alpha value is -2.67. The molecule has 0 aromatic heterocycles. The molecule has 7 heteroatoms. The molecule has 2 aromatic carbocycles. The number of nitrogens with zero attached hydrogens (tertiary/aromatic N) is 2. The fraction of sp³-hybridized carbons (Fsp3) is 0.300. The first-order valence-electron chi connectivity index (χ1n) is 8.80. The highest BCUT2D eigenvalue weighted by Crippen LogP contribution is 2.26. The van der Waals surface area contributed by atoms with Gasteiger partial charge >= 0.3 is 0 Å². The summed E-state index contributed by atoms with van der Waals surface area (Å²) >= 11 is 0. The van der Waals surface area contributed by atoms with E-state index in [0.717, 1.165) is 9.87 Å². The van der Waals surface area contributed by atoms with Crippen molar-refractivity contribution in [3.05, 3.63) is 65.7 Å². The molecular formula is C20H22N2O4S. The van der Waals surface area contributed by atoms with Gasteiger partial charge in [-0.1, -0.05) is 36.4 Å². The van der Waals surface area contributed by atoms with E-state index in [2.05, 4.69) is 0 Å². The lowest BCUT2D eigenvalue weighted by Crippen LogP contribution is -2.36. The van der Waals surface area contributed by atoms with Gasteiger partial charge in [0.2, 0.25) is 15.9 Å². The van der Waals surface area contributed by atoms with Crippen LogP contribution in [-0.2, 0) is 21.4 Å². The van der Waals surface area contributed by atoms with Crippen LogP contribution < -0.4 is 4.31 Å². The molecule has 0 bridgehead atoms. The summed E-state index contributed by atoms with van der Waals surface area (Å²) in [5.74, 6) is -0.875. The van der Waals surface area contributed by atoms with E-state index >= 15 is 0 Å². The number of anilines is 1. The Morgan fingerprint density at radius 2 is 1.81 bits per heavy atom. The van der Waals surface area contributed by atoms with Crippen molar-refractivity contribution < 1.29 is 18.0 Å². The fourth-order valence-electron chi connectivity index (χ4n) is 3.07. The normalized spacial score (nSPS) is 16.0. The molecular weight excluding hydrogens is 364 g/mol. The summed E-state index contributed by atoms with van der Waals surface area (Å²) in [7, 11) is -3.66. The van der Waals surface area contributed by atoms with Gasteiger partial charge in [0.1, 0.15) is 0 Å². The van der Waals surface area contributed by atoms with Gasteiger partial charge < -0.3 is 4.90 Å². The maximum Gasteiger partial charge on any atom is 0.254 e. The molecule has 2 aromatic rings. The minimum atomic E-state index is -3.66. The second-order valence-electron chi connectivity index (χ2n) is 6.79. The smallest absolute Gasteiger partial charge is 0.254 e. The topological polar surface area (TPSA) is 74.8 Å². The first-order chi connectivity index (χ1) is 12.8. The molecule has 1 fully saturated rings. The van der Waals surface area contributed by atoms with Crippen LogP contribution in [0.5, 0.6) is 0 Å². The third-order valence-electron chi connectivity index (χ3n) is 4.49. The Bertz CT molecular complexity index is 955. The molecule has 0 atom stereocenters. The van der Waals surface area contributed by atoms with Gasteiger partial charge in [0.25, 0.3) is 5.91 Å². The van der Waals surface area contributed by atoms with E-state index in [9.17, 15) is 18.0 Å². The number of hydrogen-bond donors (Lipinski definition) is 0. The van der Waals surface area contributed by atoms with E-state index in [0.29, 0.717) is 12.1 Å². The minimum absolute atomic E-state index is 0.0351. The molecule has 6 nitrogen and oxygen atoms in total. The summed E-state index contributed by atoms with van der Waals surface area (Å²) in [5, 5.41) is 0. The average Bonchev–Trinajstić information content (AvgIpc) is 2.92. The third kappa shape index (κ3) is 4.03. The standard InChI is InChI=1S/C20H22N2O4S/c1-15(2)21(14-16-7-4-3-5-8-16)20(24)17-9-6-10-18(13-17)22-19(23)11-12-27(22,25)26/h3-10,13,15H,11-12,14H2,1-2H3. The second kappa shape index (κ2) is 7.52. The van der Waals surface area contributed by atoms with Crippen molar-refractivity contribution in [2.24, 2.45) is 0 Å². The Morgan fingerprint density at radius 1 is 1.11 bits per heavy atom. The molecule has 0 radical (unpaired) electrons. The first-order valence-corrected chi connectivity index (χ1v) is 10.4. The number of benzene rings is 2. The highest BCUT2D eigenvalue weighted by atomic mass is 32.2. The predicted octanol–water partition coefficient (Wildman–Crippen LogP) is 2.80. The molecule has 142 valence electrons. The molecule has 1 heterocycles. The molecule has 27 heavy (non-hydrogen) atoms. The van der Waals surface area contributed by atoms with Crippen LogP contribution >= 0.6 is 0 Å². The van der Waals surface area contributed by atoms with Crippen LogP contribution in [0.2, 0.25) is 0 Å². The molecule has 0 spiro atoms. The zero-order valence-corrected chi connectivity index (χ0v) is 16.1. The lowest BCUT2D eigenvalue weighted by atomic mass is 10.1. The molecule has 0 N–H and O–H groups in total. The number of amides is 2. The second-order valence-corrected chi connectivity index (χ2v) is 8.72. The zero-order valence-electron chi connectivity index (χ0n) is 15.3. The molecule has 1 aliphatic rings. The Balaban J connectivity index is 1.91. The number of rotatable bonds is 5. The summed E-state index contributed by atoms with van der Waals surface area (Å²) < 4.78 is 25.1. The van der Waals surface area contributed by atoms with Crippen molar-refractivity contribution in [1.82, 2.24) is 4.90 Å². The lowest BCUT2D eigenvalue weighted by molar-refractivity contribution is -0.116. The van der Waals surface area contributed by atoms with Gasteiger partial charge in [-0.15, -0.1) is 0 Å². The van der Waals surface area contributed by atoms with Crippen molar-refractivity contribution in [3.63, 3.8) is 0 Å². The van der Waals surface area contributed by atoms with Gasteiger partial charge in [-0.2, -0.15) is 0 Å². The van der Waals surface area contributed by atoms with Crippen LogP contribution in [0, 0.1) is 0 Å². The zero-order chi connectivity index (χ0) is 19.6. The molecule has 3 rings (SSSR count). The summed E-state index contributed by atoms with van der Waals surface area (Å²) in [6.07, 6.45) is -0.0351. The number of sulfonamides is 1. The van der Waals surface area contributed by atoms with Gasteiger partial charge in [0, 0.05) is 24.6 Å². The van der Waals surface area contributed by atoms with Crippen LogP contribution in [0.3, 0.4) is 0 Å². The van der Waals surface area contributed by atoms with Crippen LogP contribution in [0.15, 0.2) is 54.6 Å². The van der Waals surface area contributed by atoms with Gasteiger partial charge in [0.05, 0.1) is 11.4 Å². The van der Waals surface area contributed by atoms with E-state index in [1.165, 1.54) is 12.1 Å². The van der Waals surface area contributed by atoms with Crippen LogP contribution in [-0.4, -0.2) is 36.9 Å². The number of hydrogen-bond acceptors (Lipinski definition) is 4. The predicted molar refractivity (Wildman–Crippen MR) is 104 cm³/mol. The average molecular weight is 386 g/mol. The molecule has 0 aliphatic carbocycles. The van der Waals surface area contributed by atoms with E-state index in [1.54, 1.807) is 17.0 Å². The monoisotopic (exact) mass is 386 g/mol. The third-order valence-corrected chi connectivity index (χ3v) is 6.18.